The van der Waals surface area contributed by atoms with Crippen molar-refractivity contribution in [3.8, 4) is 16.9 Å². The molecule has 168 valence electrons. The van der Waals surface area contributed by atoms with Gasteiger partial charge in [-0.25, -0.2) is 4.52 Å². The third kappa shape index (κ3) is 3.93. The van der Waals surface area contributed by atoms with Gasteiger partial charge in [-0.05, 0) is 61.2 Å². The molecule has 4 aromatic heterocycles. The second-order valence-corrected chi connectivity index (χ2v) is 8.41. The fourth-order valence-corrected chi connectivity index (χ4v) is 4.16. The third-order valence-electron chi connectivity index (χ3n) is 6.08. The monoisotopic (exact) mass is 441 g/mol. The normalized spacial score (nSPS) is 14.4. The summed E-state index contributed by atoms with van der Waals surface area (Å²) in [7, 11) is 0. The summed E-state index contributed by atoms with van der Waals surface area (Å²) >= 11 is 0. The van der Waals surface area contributed by atoms with Crippen molar-refractivity contribution in [1.29, 1.82) is 0 Å². The summed E-state index contributed by atoms with van der Waals surface area (Å²) in [5.41, 5.74) is 19.1. The van der Waals surface area contributed by atoms with E-state index in [2.05, 4.69) is 34.6 Å². The lowest BCUT2D eigenvalue weighted by Gasteiger charge is -2.22. The van der Waals surface area contributed by atoms with E-state index in [1.807, 2.05) is 31.3 Å². The number of hydrogen-bond acceptors (Lipinski definition) is 7. The molecule has 1 aliphatic rings. The predicted molar refractivity (Wildman–Crippen MR) is 129 cm³/mol. The Hall–Kier alpha value is -3.78. The van der Waals surface area contributed by atoms with E-state index in [9.17, 15) is 0 Å². The number of ether oxygens (including phenoxy) is 1. The van der Waals surface area contributed by atoms with E-state index in [-0.39, 0.29) is 18.0 Å². The molecule has 0 aliphatic heterocycles. The molecule has 4 N–H and O–H groups in total. The van der Waals surface area contributed by atoms with Crippen LogP contribution < -0.4 is 16.2 Å². The fraction of sp³-hybridized carbons (Fsp3) is 0.280. The van der Waals surface area contributed by atoms with Crippen LogP contribution in [0.15, 0.2) is 43.2 Å². The number of nitrogens with zero attached hydrogens (tertiary/aromatic N) is 5. The minimum Gasteiger partial charge on any atom is -0.488 e. The molecular weight excluding hydrogens is 414 g/mol. The van der Waals surface area contributed by atoms with Crippen molar-refractivity contribution in [2.75, 3.05) is 5.73 Å². The Morgan fingerprint density at radius 2 is 2.06 bits per heavy atom. The molecule has 4 heterocycles. The first-order chi connectivity index (χ1) is 16.0. The molecule has 1 fully saturated rings. The molecule has 1 atom stereocenters. The Labute approximate surface area is 192 Å². The molecule has 0 amide bonds. The average Bonchev–Trinajstić information content (AvgIpc) is 3.56. The van der Waals surface area contributed by atoms with E-state index in [1.165, 1.54) is 0 Å². The largest absolute Gasteiger partial charge is 0.488 e. The first kappa shape index (κ1) is 21.1. The van der Waals surface area contributed by atoms with Crippen LogP contribution in [-0.2, 0) is 6.54 Å². The van der Waals surface area contributed by atoms with Crippen molar-refractivity contribution in [2.45, 2.75) is 45.3 Å². The van der Waals surface area contributed by atoms with Gasteiger partial charge in [0.25, 0.3) is 0 Å². The van der Waals surface area contributed by atoms with Gasteiger partial charge in [0.05, 0.1) is 17.5 Å². The van der Waals surface area contributed by atoms with Gasteiger partial charge in [0.2, 0.25) is 5.95 Å². The molecule has 0 spiro atoms. The highest BCUT2D eigenvalue weighted by Crippen LogP contribution is 2.39. The quantitative estimate of drug-likeness (QED) is 0.447. The van der Waals surface area contributed by atoms with E-state index in [0.717, 1.165) is 57.9 Å². The molecule has 1 aliphatic carbocycles. The first-order valence-electron chi connectivity index (χ1n) is 11.1. The molecule has 0 saturated heterocycles. The maximum atomic E-state index is 6.27. The van der Waals surface area contributed by atoms with E-state index in [0.29, 0.717) is 12.2 Å². The molecule has 0 radical (unpaired) electrons. The molecule has 1 saturated carbocycles. The van der Waals surface area contributed by atoms with Crippen LogP contribution in [0.4, 0.5) is 5.95 Å². The Morgan fingerprint density at radius 3 is 2.79 bits per heavy atom. The van der Waals surface area contributed by atoms with E-state index in [1.54, 1.807) is 16.8 Å². The van der Waals surface area contributed by atoms with E-state index in [4.69, 9.17) is 21.2 Å². The number of pyridine rings is 3. The standard InChI is InChI=1S/C25H27N7O/c1-4-21-19(14(2)18-7-9-28-22(13-26)24(18)33-17-5-6-17)12-20(15(3)29-21)16-8-10-32-23(11-16)30-25(27)31-32/h4,7-12,14,17H,1,5-6,13,26H2,2-3H3,(H2,27,31). The van der Waals surface area contributed by atoms with Crippen molar-refractivity contribution < 1.29 is 4.74 Å². The topological polar surface area (TPSA) is 117 Å². The molecule has 1 unspecified atom stereocenters. The third-order valence-corrected chi connectivity index (χ3v) is 6.08. The Morgan fingerprint density at radius 1 is 1.24 bits per heavy atom. The van der Waals surface area contributed by atoms with Crippen LogP contribution in [0.2, 0.25) is 0 Å². The molecular formula is C25H27N7O. The summed E-state index contributed by atoms with van der Waals surface area (Å²) in [6, 6.07) is 8.15. The Kier molecular flexibility index (Phi) is 5.30. The molecule has 8 heteroatoms. The van der Waals surface area contributed by atoms with Gasteiger partial charge in [0.1, 0.15) is 5.75 Å². The zero-order valence-corrected chi connectivity index (χ0v) is 18.8. The SMILES string of the molecule is C=Cc1nc(C)c(-c2ccn3nc(N)nc3c2)cc1C(C)c1ccnc(CN)c1OC1CC1. The summed E-state index contributed by atoms with van der Waals surface area (Å²) in [5, 5.41) is 4.16. The lowest BCUT2D eigenvalue weighted by Crippen LogP contribution is -2.11. The summed E-state index contributed by atoms with van der Waals surface area (Å²) < 4.78 is 7.93. The van der Waals surface area contributed by atoms with Gasteiger partial charge in [-0.15, -0.1) is 5.10 Å². The van der Waals surface area contributed by atoms with Crippen LogP contribution in [0.1, 0.15) is 53.9 Å². The number of anilines is 1. The van der Waals surface area contributed by atoms with Crippen LogP contribution in [0.25, 0.3) is 22.9 Å². The smallest absolute Gasteiger partial charge is 0.240 e. The van der Waals surface area contributed by atoms with Crippen molar-refractivity contribution in [3.63, 3.8) is 0 Å². The molecule has 33 heavy (non-hydrogen) atoms. The van der Waals surface area contributed by atoms with Gasteiger partial charge in [0.15, 0.2) is 5.65 Å². The van der Waals surface area contributed by atoms with E-state index < -0.39 is 0 Å². The molecule has 5 rings (SSSR count). The lowest BCUT2D eigenvalue weighted by atomic mass is 9.88. The van der Waals surface area contributed by atoms with Crippen molar-refractivity contribution in [1.82, 2.24) is 24.6 Å². The van der Waals surface area contributed by atoms with Crippen LogP contribution >= 0.6 is 0 Å². The Balaban J connectivity index is 1.62. The minimum absolute atomic E-state index is 0.000586. The van der Waals surface area contributed by atoms with Gasteiger partial charge in [-0.1, -0.05) is 13.5 Å². The lowest BCUT2D eigenvalue weighted by molar-refractivity contribution is 0.294. The highest BCUT2D eigenvalue weighted by molar-refractivity contribution is 5.72. The zero-order valence-electron chi connectivity index (χ0n) is 18.8. The van der Waals surface area contributed by atoms with Gasteiger partial charge in [-0.3, -0.25) is 9.97 Å². The maximum Gasteiger partial charge on any atom is 0.240 e. The molecule has 8 nitrogen and oxygen atoms in total. The minimum atomic E-state index is -0.000586. The van der Waals surface area contributed by atoms with Crippen molar-refractivity contribution >= 4 is 17.7 Å². The highest BCUT2D eigenvalue weighted by Gasteiger charge is 2.28. The highest BCUT2D eigenvalue weighted by atomic mass is 16.5. The molecule has 4 aromatic rings. The van der Waals surface area contributed by atoms with E-state index >= 15 is 0 Å². The number of aryl methyl sites for hydroxylation is 1. The van der Waals surface area contributed by atoms with Crippen LogP contribution in [0.3, 0.4) is 0 Å². The molecule has 0 aromatic carbocycles. The van der Waals surface area contributed by atoms with Gasteiger partial charge < -0.3 is 16.2 Å². The summed E-state index contributed by atoms with van der Waals surface area (Å²) in [6.07, 6.45) is 7.84. The summed E-state index contributed by atoms with van der Waals surface area (Å²) in [4.78, 5) is 13.6. The Bertz CT molecular complexity index is 1360. The van der Waals surface area contributed by atoms with Crippen molar-refractivity contribution in [2.24, 2.45) is 5.73 Å². The fourth-order valence-electron chi connectivity index (χ4n) is 4.16. The summed E-state index contributed by atoms with van der Waals surface area (Å²) in [5.74, 6) is 1.04. The number of rotatable bonds is 7. The second kappa shape index (κ2) is 8.29. The van der Waals surface area contributed by atoms with Crippen LogP contribution in [0.5, 0.6) is 5.75 Å². The number of aromatic nitrogens is 5. The number of hydrogen-bond donors (Lipinski definition) is 2. The number of fused-ring (bicyclic) bond motifs is 1. The second-order valence-electron chi connectivity index (χ2n) is 8.41. The maximum absolute atomic E-state index is 6.27. The summed E-state index contributed by atoms with van der Waals surface area (Å²) in [6.45, 7) is 8.49. The first-order valence-corrected chi connectivity index (χ1v) is 11.1. The van der Waals surface area contributed by atoms with Gasteiger partial charge >= 0.3 is 0 Å². The number of nitrogens with two attached hydrogens (primary N) is 2. The van der Waals surface area contributed by atoms with Gasteiger partial charge in [-0.2, -0.15) is 4.98 Å². The predicted octanol–water partition coefficient (Wildman–Crippen LogP) is 3.87. The molecule has 0 bridgehead atoms. The average molecular weight is 442 g/mol. The zero-order chi connectivity index (χ0) is 23.1. The number of nitrogen functional groups attached to an aromatic ring is 1. The van der Waals surface area contributed by atoms with Crippen LogP contribution in [0, 0.1) is 6.92 Å². The van der Waals surface area contributed by atoms with Crippen LogP contribution in [-0.4, -0.2) is 30.7 Å². The van der Waals surface area contributed by atoms with Gasteiger partial charge in [0, 0.05) is 41.7 Å². The van der Waals surface area contributed by atoms with Crippen molar-refractivity contribution in [3.05, 3.63) is 71.4 Å².